The van der Waals surface area contributed by atoms with Gasteiger partial charge in [-0.3, -0.25) is 9.59 Å². The second-order valence-electron chi connectivity index (χ2n) is 5.06. The van der Waals surface area contributed by atoms with Gasteiger partial charge in [0.2, 0.25) is 5.56 Å². The molecule has 0 fully saturated rings. The summed E-state index contributed by atoms with van der Waals surface area (Å²) in [6.07, 6.45) is 2.95. The van der Waals surface area contributed by atoms with Gasteiger partial charge < -0.3 is 15.6 Å². The third-order valence-corrected chi connectivity index (χ3v) is 3.58. The summed E-state index contributed by atoms with van der Waals surface area (Å²) in [7, 11) is 0. The predicted molar refractivity (Wildman–Crippen MR) is 93.9 cm³/mol. The third kappa shape index (κ3) is 4.02. The SMILES string of the molecule is O=C(Nc1c(Nc2ccc(=O)[nH]c2)ccnc1Cl)c1cccc(F)c1. The molecule has 0 saturated carbocycles. The number of anilines is 3. The van der Waals surface area contributed by atoms with Gasteiger partial charge >= 0.3 is 0 Å². The van der Waals surface area contributed by atoms with Gasteiger partial charge in [0.1, 0.15) is 11.5 Å². The largest absolute Gasteiger partial charge is 0.352 e. The van der Waals surface area contributed by atoms with Crippen molar-refractivity contribution in [2.75, 3.05) is 10.6 Å². The van der Waals surface area contributed by atoms with Crippen molar-refractivity contribution in [3.8, 4) is 0 Å². The number of hydrogen-bond acceptors (Lipinski definition) is 4. The van der Waals surface area contributed by atoms with E-state index in [1.807, 2.05) is 0 Å². The van der Waals surface area contributed by atoms with E-state index in [-0.39, 0.29) is 22.0 Å². The molecule has 3 rings (SSSR count). The average Bonchev–Trinajstić information content (AvgIpc) is 2.60. The molecule has 0 atom stereocenters. The normalized spacial score (nSPS) is 10.3. The van der Waals surface area contributed by atoms with E-state index in [2.05, 4.69) is 20.6 Å². The zero-order chi connectivity index (χ0) is 17.8. The minimum atomic E-state index is -0.529. The van der Waals surface area contributed by atoms with E-state index >= 15 is 0 Å². The molecule has 6 nitrogen and oxygen atoms in total. The zero-order valence-electron chi connectivity index (χ0n) is 12.7. The van der Waals surface area contributed by atoms with Gasteiger partial charge in [-0.2, -0.15) is 0 Å². The van der Waals surface area contributed by atoms with Crippen LogP contribution in [0.3, 0.4) is 0 Å². The highest BCUT2D eigenvalue weighted by Crippen LogP contribution is 2.30. The van der Waals surface area contributed by atoms with Crippen molar-refractivity contribution in [2.24, 2.45) is 0 Å². The Kier molecular flexibility index (Phi) is 4.76. The van der Waals surface area contributed by atoms with E-state index in [9.17, 15) is 14.0 Å². The third-order valence-electron chi connectivity index (χ3n) is 3.29. The Morgan fingerprint density at radius 1 is 1.20 bits per heavy atom. The van der Waals surface area contributed by atoms with Crippen molar-refractivity contribution >= 4 is 34.6 Å². The van der Waals surface area contributed by atoms with E-state index in [1.54, 1.807) is 12.1 Å². The van der Waals surface area contributed by atoms with Gasteiger partial charge in [0, 0.05) is 24.0 Å². The van der Waals surface area contributed by atoms with Crippen molar-refractivity contribution < 1.29 is 9.18 Å². The summed E-state index contributed by atoms with van der Waals surface area (Å²) in [6.45, 7) is 0. The summed E-state index contributed by atoms with van der Waals surface area (Å²) in [5, 5.41) is 5.71. The van der Waals surface area contributed by atoms with Gasteiger partial charge in [-0.25, -0.2) is 9.37 Å². The first-order valence-electron chi connectivity index (χ1n) is 7.20. The van der Waals surface area contributed by atoms with Gasteiger partial charge in [0.25, 0.3) is 5.91 Å². The number of benzene rings is 1. The van der Waals surface area contributed by atoms with E-state index in [0.717, 1.165) is 6.07 Å². The fourth-order valence-corrected chi connectivity index (χ4v) is 2.32. The van der Waals surface area contributed by atoms with Crippen LogP contribution in [0.5, 0.6) is 0 Å². The van der Waals surface area contributed by atoms with Crippen molar-refractivity contribution in [1.82, 2.24) is 9.97 Å². The molecule has 3 N–H and O–H groups in total. The quantitative estimate of drug-likeness (QED) is 0.622. The van der Waals surface area contributed by atoms with Crippen LogP contribution in [0.2, 0.25) is 5.15 Å². The summed E-state index contributed by atoms with van der Waals surface area (Å²) < 4.78 is 13.3. The fourth-order valence-electron chi connectivity index (χ4n) is 2.12. The molecule has 8 heteroatoms. The number of aromatic amines is 1. The molecule has 0 aliphatic carbocycles. The highest BCUT2D eigenvalue weighted by Gasteiger charge is 2.14. The Morgan fingerprint density at radius 3 is 2.76 bits per heavy atom. The Labute approximate surface area is 146 Å². The van der Waals surface area contributed by atoms with Gasteiger partial charge in [0.05, 0.1) is 11.4 Å². The number of H-pyrrole nitrogens is 1. The van der Waals surface area contributed by atoms with Crippen LogP contribution in [-0.4, -0.2) is 15.9 Å². The predicted octanol–water partition coefficient (Wildman–Crippen LogP) is 3.56. The number of nitrogens with zero attached hydrogens (tertiary/aromatic N) is 1. The number of hydrogen-bond donors (Lipinski definition) is 3. The number of aromatic nitrogens is 2. The molecule has 0 aliphatic rings. The molecule has 0 aliphatic heterocycles. The van der Waals surface area contributed by atoms with Crippen molar-refractivity contribution in [3.63, 3.8) is 0 Å². The summed E-state index contributed by atoms with van der Waals surface area (Å²) >= 11 is 6.09. The van der Waals surface area contributed by atoms with Crippen LogP contribution in [0.4, 0.5) is 21.5 Å². The molecule has 3 aromatic rings. The summed E-state index contributed by atoms with van der Waals surface area (Å²) in [5.41, 5.74) is 1.21. The monoisotopic (exact) mass is 358 g/mol. The molecule has 0 saturated heterocycles. The smallest absolute Gasteiger partial charge is 0.255 e. The zero-order valence-corrected chi connectivity index (χ0v) is 13.5. The Morgan fingerprint density at radius 2 is 2.04 bits per heavy atom. The van der Waals surface area contributed by atoms with Gasteiger partial charge in [0.15, 0.2) is 5.15 Å². The number of amides is 1. The topological polar surface area (TPSA) is 86.9 Å². The molecule has 1 aromatic carbocycles. The van der Waals surface area contributed by atoms with Crippen LogP contribution in [0.25, 0.3) is 0 Å². The highest BCUT2D eigenvalue weighted by atomic mass is 35.5. The number of halogens is 2. The molecule has 0 bridgehead atoms. The van der Waals surface area contributed by atoms with Gasteiger partial charge in [-0.05, 0) is 30.3 Å². The summed E-state index contributed by atoms with van der Waals surface area (Å²) in [6, 6.07) is 9.83. The standard InChI is InChI=1S/C17H12ClFN4O2/c18-16-15(23-17(25)10-2-1-3-11(19)8-10)13(6-7-20-16)22-12-4-5-14(24)21-9-12/h1-9H,(H,20,22)(H,21,24)(H,23,25). The van der Waals surface area contributed by atoms with Crippen molar-refractivity contribution in [2.45, 2.75) is 0 Å². The minimum absolute atomic E-state index is 0.0687. The number of pyridine rings is 2. The molecule has 0 unspecified atom stereocenters. The van der Waals surface area contributed by atoms with Gasteiger partial charge in [-0.15, -0.1) is 0 Å². The number of carbonyl (C=O) groups is 1. The molecule has 0 radical (unpaired) electrons. The molecule has 1 amide bonds. The summed E-state index contributed by atoms with van der Waals surface area (Å²) in [5.74, 6) is -1.05. The lowest BCUT2D eigenvalue weighted by Gasteiger charge is -2.14. The maximum absolute atomic E-state index is 13.3. The Bertz CT molecular complexity index is 970. The van der Waals surface area contributed by atoms with E-state index in [4.69, 9.17) is 11.6 Å². The second-order valence-corrected chi connectivity index (χ2v) is 5.41. The minimum Gasteiger partial charge on any atom is -0.352 e. The van der Waals surface area contributed by atoms with E-state index in [0.29, 0.717) is 11.4 Å². The van der Waals surface area contributed by atoms with Crippen LogP contribution in [0, 0.1) is 5.82 Å². The molecule has 126 valence electrons. The molecule has 25 heavy (non-hydrogen) atoms. The molecule has 0 spiro atoms. The summed E-state index contributed by atoms with van der Waals surface area (Å²) in [4.78, 5) is 29.9. The molecular formula is C17H12ClFN4O2. The van der Waals surface area contributed by atoms with Crippen molar-refractivity contribution in [1.29, 1.82) is 0 Å². The maximum Gasteiger partial charge on any atom is 0.255 e. The lowest BCUT2D eigenvalue weighted by Crippen LogP contribution is -2.14. The lowest BCUT2D eigenvalue weighted by molar-refractivity contribution is 0.102. The van der Waals surface area contributed by atoms with Crippen LogP contribution < -0.4 is 16.2 Å². The molecule has 2 aromatic heterocycles. The molecule has 2 heterocycles. The molecular weight excluding hydrogens is 347 g/mol. The highest BCUT2D eigenvalue weighted by molar-refractivity contribution is 6.33. The Hall–Kier alpha value is -3.19. The van der Waals surface area contributed by atoms with Gasteiger partial charge in [-0.1, -0.05) is 17.7 Å². The first-order chi connectivity index (χ1) is 12.0. The average molecular weight is 359 g/mol. The van der Waals surface area contributed by atoms with Crippen LogP contribution in [-0.2, 0) is 0 Å². The van der Waals surface area contributed by atoms with Crippen molar-refractivity contribution in [3.05, 3.63) is 81.7 Å². The number of carbonyl (C=O) groups excluding carboxylic acids is 1. The van der Waals surface area contributed by atoms with E-state index in [1.165, 1.54) is 36.7 Å². The second kappa shape index (κ2) is 7.14. The Balaban J connectivity index is 1.89. The number of nitrogens with one attached hydrogen (secondary N) is 3. The fraction of sp³-hybridized carbons (Fsp3) is 0. The maximum atomic E-state index is 13.3. The first kappa shape index (κ1) is 16.7. The number of rotatable bonds is 4. The lowest BCUT2D eigenvalue weighted by atomic mass is 10.2. The van der Waals surface area contributed by atoms with Crippen LogP contribution in [0.15, 0.2) is 59.7 Å². The van der Waals surface area contributed by atoms with Crippen LogP contribution >= 0.6 is 11.6 Å². The van der Waals surface area contributed by atoms with E-state index < -0.39 is 11.7 Å². The first-order valence-corrected chi connectivity index (χ1v) is 7.58. The van der Waals surface area contributed by atoms with Crippen LogP contribution in [0.1, 0.15) is 10.4 Å².